The minimum Gasteiger partial charge on any atom is -0.317 e. The third-order valence-electron chi connectivity index (χ3n) is 5.45. The smallest absolute Gasteiger partial charge is 0.0604 e. The van der Waals surface area contributed by atoms with Crippen LogP contribution < -0.4 is 5.32 Å². The molecule has 2 aliphatic heterocycles. The molecule has 0 saturated carbocycles. The average molecular weight is 343 g/mol. The second-order valence-electron chi connectivity index (χ2n) is 6.95. The lowest BCUT2D eigenvalue weighted by Crippen LogP contribution is -2.41. The fourth-order valence-electron chi connectivity index (χ4n) is 4.24. The van der Waals surface area contributed by atoms with Crippen molar-refractivity contribution in [1.82, 2.24) is 10.2 Å². The van der Waals surface area contributed by atoms with E-state index in [0.29, 0.717) is 6.04 Å². The largest absolute Gasteiger partial charge is 0.317 e. The molecule has 3 heteroatoms. The molecule has 2 nitrogen and oxygen atoms in total. The van der Waals surface area contributed by atoms with Crippen LogP contribution >= 0.6 is 12.4 Å². The zero-order valence-electron chi connectivity index (χ0n) is 14.2. The Hall–Kier alpha value is -1.35. The standard InChI is InChI=1S/C21H26N2.ClH/c1-2-7-19(8-3-1)21-20-9-5-4-6-18(20)12-15-23(21)16-17-10-13-22-14-11-17;/h1-9,17,21-22H,10-16H2;1H. The molecular weight excluding hydrogens is 316 g/mol. The van der Waals surface area contributed by atoms with Gasteiger partial charge in [-0.15, -0.1) is 12.4 Å². The Morgan fingerprint density at radius 3 is 2.42 bits per heavy atom. The van der Waals surface area contributed by atoms with E-state index >= 15 is 0 Å². The second kappa shape index (κ2) is 8.15. The summed E-state index contributed by atoms with van der Waals surface area (Å²) in [6.45, 7) is 4.78. The highest BCUT2D eigenvalue weighted by molar-refractivity contribution is 5.85. The van der Waals surface area contributed by atoms with E-state index in [2.05, 4.69) is 64.8 Å². The molecule has 1 atom stereocenters. The lowest BCUT2D eigenvalue weighted by atomic mass is 9.86. The van der Waals surface area contributed by atoms with Gasteiger partial charge < -0.3 is 5.32 Å². The number of nitrogens with zero attached hydrogens (tertiary/aromatic N) is 1. The van der Waals surface area contributed by atoms with Crippen molar-refractivity contribution in [2.24, 2.45) is 5.92 Å². The van der Waals surface area contributed by atoms with Crippen LogP contribution in [0, 0.1) is 5.92 Å². The Labute approximate surface area is 151 Å². The average Bonchev–Trinajstić information content (AvgIpc) is 2.63. The Morgan fingerprint density at radius 2 is 1.62 bits per heavy atom. The number of halogens is 1. The fraction of sp³-hybridized carbons (Fsp3) is 0.429. The van der Waals surface area contributed by atoms with Crippen molar-refractivity contribution >= 4 is 12.4 Å². The van der Waals surface area contributed by atoms with E-state index in [0.717, 1.165) is 5.92 Å². The summed E-state index contributed by atoms with van der Waals surface area (Å²) in [6, 6.07) is 20.5. The molecular formula is C21H27ClN2. The van der Waals surface area contributed by atoms with E-state index in [9.17, 15) is 0 Å². The quantitative estimate of drug-likeness (QED) is 0.905. The lowest BCUT2D eigenvalue weighted by Gasteiger charge is -2.40. The summed E-state index contributed by atoms with van der Waals surface area (Å²) in [5, 5.41) is 3.49. The first-order valence-corrected chi connectivity index (χ1v) is 8.99. The first kappa shape index (κ1) is 17.5. The van der Waals surface area contributed by atoms with Crippen LogP contribution in [0.15, 0.2) is 54.6 Å². The predicted molar refractivity (Wildman–Crippen MR) is 103 cm³/mol. The van der Waals surface area contributed by atoms with Crippen LogP contribution in [0.25, 0.3) is 0 Å². The molecule has 1 N–H and O–H groups in total. The van der Waals surface area contributed by atoms with Crippen LogP contribution in [0.3, 0.4) is 0 Å². The molecule has 0 amide bonds. The molecule has 1 saturated heterocycles. The molecule has 2 aromatic carbocycles. The maximum Gasteiger partial charge on any atom is 0.0604 e. The minimum atomic E-state index is 0. The maximum absolute atomic E-state index is 3.49. The summed E-state index contributed by atoms with van der Waals surface area (Å²) in [5.41, 5.74) is 4.48. The van der Waals surface area contributed by atoms with Crippen LogP contribution in [-0.2, 0) is 6.42 Å². The number of benzene rings is 2. The van der Waals surface area contributed by atoms with E-state index in [1.807, 2.05) is 0 Å². The van der Waals surface area contributed by atoms with Crippen LogP contribution in [0.5, 0.6) is 0 Å². The zero-order valence-corrected chi connectivity index (χ0v) is 15.0. The highest BCUT2D eigenvalue weighted by atomic mass is 35.5. The van der Waals surface area contributed by atoms with Gasteiger partial charge in [-0.25, -0.2) is 0 Å². The van der Waals surface area contributed by atoms with Gasteiger partial charge in [-0.1, -0.05) is 54.6 Å². The molecule has 2 aromatic rings. The Kier molecular flexibility index (Phi) is 5.94. The van der Waals surface area contributed by atoms with Crippen molar-refractivity contribution in [3.8, 4) is 0 Å². The third-order valence-corrected chi connectivity index (χ3v) is 5.45. The van der Waals surface area contributed by atoms with Crippen LogP contribution in [0.4, 0.5) is 0 Å². The lowest BCUT2D eigenvalue weighted by molar-refractivity contribution is 0.163. The molecule has 1 fully saturated rings. The molecule has 0 spiro atoms. The van der Waals surface area contributed by atoms with Crippen LogP contribution in [0.2, 0.25) is 0 Å². The zero-order chi connectivity index (χ0) is 15.5. The number of piperidine rings is 1. The minimum absolute atomic E-state index is 0. The van der Waals surface area contributed by atoms with Crippen molar-refractivity contribution in [1.29, 1.82) is 0 Å². The molecule has 24 heavy (non-hydrogen) atoms. The molecule has 0 radical (unpaired) electrons. The van der Waals surface area contributed by atoms with Gasteiger partial charge in [0, 0.05) is 13.1 Å². The van der Waals surface area contributed by atoms with Gasteiger partial charge in [0.25, 0.3) is 0 Å². The highest BCUT2D eigenvalue weighted by Gasteiger charge is 2.30. The molecule has 0 aromatic heterocycles. The summed E-state index contributed by atoms with van der Waals surface area (Å²) < 4.78 is 0. The van der Waals surface area contributed by atoms with E-state index in [4.69, 9.17) is 0 Å². The Balaban J connectivity index is 0.00000169. The van der Waals surface area contributed by atoms with E-state index in [1.165, 1.54) is 62.1 Å². The maximum atomic E-state index is 3.49. The predicted octanol–water partition coefficient (Wildman–Crippen LogP) is 4.06. The van der Waals surface area contributed by atoms with Gasteiger partial charge in [0.15, 0.2) is 0 Å². The SMILES string of the molecule is Cl.c1ccc(C2c3ccccc3CCN2CC2CCNCC2)cc1. The second-order valence-corrected chi connectivity index (χ2v) is 6.95. The normalized spacial score (nSPS) is 21.8. The van der Waals surface area contributed by atoms with Gasteiger partial charge in [0.2, 0.25) is 0 Å². The van der Waals surface area contributed by atoms with Gasteiger partial charge in [0.05, 0.1) is 6.04 Å². The summed E-state index contributed by atoms with van der Waals surface area (Å²) in [6.07, 6.45) is 3.82. The molecule has 4 rings (SSSR count). The van der Waals surface area contributed by atoms with E-state index < -0.39 is 0 Å². The first-order valence-electron chi connectivity index (χ1n) is 8.99. The molecule has 1 unspecified atom stereocenters. The van der Waals surface area contributed by atoms with Crippen molar-refractivity contribution in [3.05, 3.63) is 71.3 Å². The summed E-state index contributed by atoms with van der Waals surface area (Å²) in [4.78, 5) is 2.73. The monoisotopic (exact) mass is 342 g/mol. The van der Waals surface area contributed by atoms with Crippen molar-refractivity contribution in [3.63, 3.8) is 0 Å². The van der Waals surface area contributed by atoms with Crippen LogP contribution in [0.1, 0.15) is 35.6 Å². The van der Waals surface area contributed by atoms with Crippen molar-refractivity contribution in [2.45, 2.75) is 25.3 Å². The van der Waals surface area contributed by atoms with Gasteiger partial charge >= 0.3 is 0 Å². The molecule has 128 valence electrons. The van der Waals surface area contributed by atoms with Gasteiger partial charge in [-0.3, -0.25) is 4.90 Å². The Morgan fingerprint density at radius 1 is 0.917 bits per heavy atom. The van der Waals surface area contributed by atoms with Crippen molar-refractivity contribution in [2.75, 3.05) is 26.2 Å². The molecule has 2 aliphatic rings. The molecule has 0 aliphatic carbocycles. The number of rotatable bonds is 3. The Bertz CT molecular complexity index is 637. The van der Waals surface area contributed by atoms with E-state index in [-0.39, 0.29) is 12.4 Å². The third kappa shape index (κ3) is 3.66. The number of fused-ring (bicyclic) bond motifs is 1. The molecule has 2 heterocycles. The topological polar surface area (TPSA) is 15.3 Å². The summed E-state index contributed by atoms with van der Waals surface area (Å²) in [5.74, 6) is 0.840. The van der Waals surface area contributed by atoms with Gasteiger partial charge in [-0.05, 0) is 55.0 Å². The van der Waals surface area contributed by atoms with Gasteiger partial charge in [-0.2, -0.15) is 0 Å². The van der Waals surface area contributed by atoms with Crippen LogP contribution in [-0.4, -0.2) is 31.1 Å². The number of hydrogen-bond donors (Lipinski definition) is 1. The van der Waals surface area contributed by atoms with Crippen molar-refractivity contribution < 1.29 is 0 Å². The fourth-order valence-corrected chi connectivity index (χ4v) is 4.24. The number of nitrogens with one attached hydrogen (secondary N) is 1. The first-order chi connectivity index (χ1) is 11.4. The number of hydrogen-bond acceptors (Lipinski definition) is 2. The summed E-state index contributed by atoms with van der Waals surface area (Å²) >= 11 is 0. The van der Waals surface area contributed by atoms with E-state index in [1.54, 1.807) is 0 Å². The highest BCUT2D eigenvalue weighted by Crippen LogP contribution is 2.36. The molecule has 0 bridgehead atoms. The summed E-state index contributed by atoms with van der Waals surface area (Å²) in [7, 11) is 0. The van der Waals surface area contributed by atoms with Gasteiger partial charge in [0.1, 0.15) is 0 Å².